The lowest BCUT2D eigenvalue weighted by Crippen LogP contribution is -2.29. The molecule has 0 radical (unpaired) electrons. The van der Waals surface area contributed by atoms with Crippen LogP contribution in [0.4, 0.5) is 13.2 Å². The third-order valence-corrected chi connectivity index (χ3v) is 2.57. The first-order chi connectivity index (χ1) is 8.82. The largest absolute Gasteiger partial charge is 0.455 e. The van der Waals surface area contributed by atoms with Crippen LogP contribution in [0.25, 0.3) is 5.69 Å². The number of aromatic nitrogens is 2. The van der Waals surface area contributed by atoms with Gasteiger partial charge < -0.3 is 0 Å². The summed E-state index contributed by atoms with van der Waals surface area (Å²) in [7, 11) is 0. The molecule has 4 nitrogen and oxygen atoms in total. The number of carbonyl (C=O) groups excluding carboxylic acids is 1. The van der Waals surface area contributed by atoms with Gasteiger partial charge in [0, 0.05) is 5.69 Å². The van der Waals surface area contributed by atoms with E-state index in [0.29, 0.717) is 5.69 Å². The zero-order valence-corrected chi connectivity index (χ0v) is 9.78. The minimum atomic E-state index is -5.07. The molecule has 0 aliphatic heterocycles. The van der Waals surface area contributed by atoms with Crippen molar-refractivity contribution in [2.45, 2.75) is 13.1 Å². The fourth-order valence-corrected chi connectivity index (χ4v) is 1.71. The van der Waals surface area contributed by atoms with E-state index in [1.165, 1.54) is 6.92 Å². The van der Waals surface area contributed by atoms with Gasteiger partial charge in [0.15, 0.2) is 0 Å². The van der Waals surface area contributed by atoms with Crippen molar-refractivity contribution in [2.24, 2.45) is 0 Å². The smallest absolute Gasteiger partial charge is 0.295 e. The van der Waals surface area contributed by atoms with Gasteiger partial charge in [-0.1, -0.05) is 18.2 Å². The van der Waals surface area contributed by atoms with E-state index in [1.807, 2.05) is 0 Å². The number of carbonyl (C=O) groups is 1. The summed E-state index contributed by atoms with van der Waals surface area (Å²) in [5.41, 5.74) is -1.64. The zero-order valence-electron chi connectivity index (χ0n) is 9.78. The first kappa shape index (κ1) is 13.1. The molecule has 1 aromatic heterocycles. The van der Waals surface area contributed by atoms with Crippen molar-refractivity contribution < 1.29 is 18.0 Å². The van der Waals surface area contributed by atoms with Gasteiger partial charge in [-0.3, -0.25) is 14.7 Å². The fraction of sp³-hybridized carbons (Fsp3) is 0.167. The van der Waals surface area contributed by atoms with Crippen molar-refractivity contribution in [3.63, 3.8) is 0 Å². The number of ketones is 1. The molecule has 2 aromatic rings. The number of aromatic amines is 1. The summed E-state index contributed by atoms with van der Waals surface area (Å²) >= 11 is 0. The minimum absolute atomic E-state index is 0.115. The lowest BCUT2D eigenvalue weighted by Gasteiger charge is -2.02. The normalized spacial score (nSPS) is 11.6. The van der Waals surface area contributed by atoms with E-state index in [2.05, 4.69) is 5.10 Å². The third kappa shape index (κ3) is 2.31. The predicted molar refractivity (Wildman–Crippen MR) is 61.5 cm³/mol. The number of halogens is 3. The van der Waals surface area contributed by atoms with Gasteiger partial charge in [0.05, 0.1) is 5.69 Å². The van der Waals surface area contributed by atoms with E-state index in [1.54, 1.807) is 30.3 Å². The Morgan fingerprint density at radius 2 is 1.79 bits per heavy atom. The molecule has 0 saturated heterocycles. The van der Waals surface area contributed by atoms with Gasteiger partial charge in [-0.15, -0.1) is 0 Å². The molecule has 0 aliphatic carbocycles. The highest BCUT2D eigenvalue weighted by Crippen LogP contribution is 2.21. The minimum Gasteiger partial charge on any atom is -0.295 e. The number of hydrogen-bond acceptors (Lipinski definition) is 2. The molecule has 0 fully saturated rings. The Bertz CT molecular complexity index is 669. The first-order valence-corrected chi connectivity index (χ1v) is 5.31. The van der Waals surface area contributed by atoms with E-state index in [4.69, 9.17) is 0 Å². The molecule has 1 aromatic carbocycles. The van der Waals surface area contributed by atoms with Gasteiger partial charge in [0.1, 0.15) is 5.56 Å². The molecule has 1 heterocycles. The van der Waals surface area contributed by atoms with Gasteiger partial charge >= 0.3 is 6.18 Å². The van der Waals surface area contributed by atoms with Crippen molar-refractivity contribution >= 4 is 5.78 Å². The summed E-state index contributed by atoms with van der Waals surface area (Å²) in [6.07, 6.45) is -5.07. The predicted octanol–water partition coefficient (Wildman–Crippen LogP) is 2.22. The van der Waals surface area contributed by atoms with Crippen LogP contribution in [0.2, 0.25) is 0 Å². The molecule has 2 rings (SSSR count). The molecule has 19 heavy (non-hydrogen) atoms. The van der Waals surface area contributed by atoms with E-state index in [9.17, 15) is 22.8 Å². The molecule has 0 atom stereocenters. The summed E-state index contributed by atoms with van der Waals surface area (Å²) in [6, 6.07) is 8.04. The Balaban J connectivity index is 2.60. The van der Waals surface area contributed by atoms with E-state index < -0.39 is 23.1 Å². The molecular weight excluding hydrogens is 261 g/mol. The lowest BCUT2D eigenvalue weighted by atomic mass is 10.1. The Kier molecular flexibility index (Phi) is 3.05. The summed E-state index contributed by atoms with van der Waals surface area (Å²) in [6.45, 7) is 1.25. The Morgan fingerprint density at radius 3 is 2.32 bits per heavy atom. The van der Waals surface area contributed by atoms with E-state index >= 15 is 0 Å². The standard InChI is InChI=1S/C12H9F3N2O2/c1-7-9(10(18)12(13,14)15)11(19)17(16-7)8-5-3-2-4-6-8/h2-6,16H,1H3. The van der Waals surface area contributed by atoms with Gasteiger partial charge in [0.2, 0.25) is 0 Å². The number of nitrogens with zero attached hydrogens (tertiary/aromatic N) is 1. The number of nitrogens with one attached hydrogen (secondary N) is 1. The van der Waals surface area contributed by atoms with Crippen LogP contribution in [-0.2, 0) is 0 Å². The van der Waals surface area contributed by atoms with Crippen LogP contribution < -0.4 is 5.56 Å². The monoisotopic (exact) mass is 270 g/mol. The molecule has 0 spiro atoms. The molecule has 100 valence electrons. The van der Waals surface area contributed by atoms with E-state index in [-0.39, 0.29) is 5.69 Å². The second-order valence-electron chi connectivity index (χ2n) is 3.91. The van der Waals surface area contributed by atoms with Crippen LogP contribution in [0, 0.1) is 6.92 Å². The average Bonchev–Trinajstić information content (AvgIpc) is 2.64. The summed E-state index contributed by atoms with van der Waals surface area (Å²) in [5, 5.41) is 2.47. The average molecular weight is 270 g/mol. The molecule has 0 amide bonds. The first-order valence-electron chi connectivity index (χ1n) is 5.31. The molecule has 7 heteroatoms. The van der Waals surface area contributed by atoms with Crippen LogP contribution in [0.15, 0.2) is 35.1 Å². The number of rotatable bonds is 2. The van der Waals surface area contributed by atoms with Crippen LogP contribution in [-0.4, -0.2) is 21.7 Å². The highest BCUT2D eigenvalue weighted by molar-refractivity contribution is 6.00. The highest BCUT2D eigenvalue weighted by Gasteiger charge is 2.42. The quantitative estimate of drug-likeness (QED) is 0.851. The number of alkyl halides is 3. The number of Topliss-reactive ketones (excluding diaryl/α,β-unsaturated/α-hetero) is 1. The molecule has 0 unspecified atom stereocenters. The van der Waals surface area contributed by atoms with Gasteiger partial charge in [0.25, 0.3) is 11.3 Å². The van der Waals surface area contributed by atoms with Gasteiger partial charge in [-0.05, 0) is 19.1 Å². The maximum atomic E-state index is 12.4. The molecule has 0 saturated carbocycles. The number of para-hydroxylation sites is 1. The number of aryl methyl sites for hydroxylation is 1. The third-order valence-electron chi connectivity index (χ3n) is 2.57. The van der Waals surface area contributed by atoms with E-state index in [0.717, 1.165) is 4.68 Å². The number of H-pyrrole nitrogens is 1. The topological polar surface area (TPSA) is 54.9 Å². The van der Waals surface area contributed by atoms with Crippen molar-refractivity contribution in [3.8, 4) is 5.69 Å². The Morgan fingerprint density at radius 1 is 1.21 bits per heavy atom. The molecule has 0 aliphatic rings. The number of benzene rings is 1. The SMILES string of the molecule is Cc1[nH]n(-c2ccccc2)c(=O)c1C(=O)C(F)(F)F. The Hall–Kier alpha value is -2.31. The lowest BCUT2D eigenvalue weighted by molar-refractivity contribution is -0.0886. The fourth-order valence-electron chi connectivity index (χ4n) is 1.71. The molecule has 0 bridgehead atoms. The van der Waals surface area contributed by atoms with Crippen LogP contribution in [0.3, 0.4) is 0 Å². The maximum absolute atomic E-state index is 12.4. The summed E-state index contributed by atoms with van der Waals surface area (Å²) < 4.78 is 38.1. The molecular formula is C12H9F3N2O2. The van der Waals surface area contributed by atoms with Crippen molar-refractivity contribution in [2.75, 3.05) is 0 Å². The molecule has 1 N–H and O–H groups in total. The highest BCUT2D eigenvalue weighted by atomic mass is 19.4. The second-order valence-corrected chi connectivity index (χ2v) is 3.91. The zero-order chi connectivity index (χ0) is 14.2. The van der Waals surface area contributed by atoms with Gasteiger partial charge in [-0.25, -0.2) is 4.68 Å². The second kappa shape index (κ2) is 4.42. The van der Waals surface area contributed by atoms with Crippen LogP contribution in [0.5, 0.6) is 0 Å². The van der Waals surface area contributed by atoms with Crippen LogP contribution in [0.1, 0.15) is 16.1 Å². The van der Waals surface area contributed by atoms with Crippen molar-refractivity contribution in [3.05, 3.63) is 51.9 Å². The van der Waals surface area contributed by atoms with Crippen molar-refractivity contribution in [1.29, 1.82) is 0 Å². The van der Waals surface area contributed by atoms with Crippen molar-refractivity contribution in [1.82, 2.24) is 9.78 Å². The summed E-state index contributed by atoms with van der Waals surface area (Å²) in [5.74, 6) is -2.14. The Labute approximate surface area is 105 Å². The number of hydrogen-bond donors (Lipinski definition) is 1. The summed E-state index contributed by atoms with van der Waals surface area (Å²) in [4.78, 5) is 23.1. The van der Waals surface area contributed by atoms with Gasteiger partial charge in [-0.2, -0.15) is 13.2 Å². The van der Waals surface area contributed by atoms with Crippen LogP contribution >= 0.6 is 0 Å². The maximum Gasteiger partial charge on any atom is 0.455 e.